The van der Waals surface area contributed by atoms with E-state index in [-0.39, 0.29) is 34.3 Å². The fourth-order valence-corrected chi connectivity index (χ4v) is 3.85. The molecule has 1 unspecified atom stereocenters. The minimum absolute atomic E-state index is 0.0354. The standard InChI is InChI=1S/C28H22ClF3N6O3/c1-2-24(39)35-18-7-4-8-19(12-18)38-27-33-14-21(15-34-27)37-26(41)22-13-20(9-10-23(22)29)36-25(40)16-5-3-6-17(11-16)28(30,31)32/h2-14,21H,1,15H2,(H,34,38)(H,35,39)(H,36,40)(H,37,41). The van der Waals surface area contributed by atoms with E-state index in [9.17, 15) is 27.6 Å². The number of hydrogen-bond donors (Lipinski definition) is 4. The van der Waals surface area contributed by atoms with Crippen LogP contribution in [0.25, 0.3) is 0 Å². The highest BCUT2D eigenvalue weighted by atomic mass is 35.5. The van der Waals surface area contributed by atoms with Crippen molar-refractivity contribution in [3.63, 3.8) is 0 Å². The van der Waals surface area contributed by atoms with Crippen LogP contribution in [0.1, 0.15) is 26.3 Å². The Hall–Kier alpha value is -4.97. The summed E-state index contributed by atoms with van der Waals surface area (Å²) in [6.07, 6.45) is -1.95. The third-order valence-electron chi connectivity index (χ3n) is 5.62. The number of halogens is 4. The molecule has 0 radical (unpaired) electrons. The molecule has 0 fully saturated rings. The molecular formula is C28H22ClF3N6O3. The van der Waals surface area contributed by atoms with E-state index >= 15 is 0 Å². The first-order valence-corrected chi connectivity index (χ1v) is 12.4. The highest BCUT2D eigenvalue weighted by Gasteiger charge is 2.31. The summed E-state index contributed by atoms with van der Waals surface area (Å²) in [6, 6.07) is 14.4. The van der Waals surface area contributed by atoms with Crippen molar-refractivity contribution in [2.45, 2.75) is 12.2 Å². The van der Waals surface area contributed by atoms with Gasteiger partial charge in [0.1, 0.15) is 0 Å². The highest BCUT2D eigenvalue weighted by Crippen LogP contribution is 2.30. The summed E-state index contributed by atoms with van der Waals surface area (Å²) in [4.78, 5) is 45.5. The zero-order chi connectivity index (χ0) is 29.6. The van der Waals surface area contributed by atoms with Crippen LogP contribution in [0.4, 0.5) is 30.2 Å². The smallest absolute Gasteiger partial charge is 0.342 e. The third-order valence-corrected chi connectivity index (χ3v) is 5.95. The molecule has 13 heteroatoms. The van der Waals surface area contributed by atoms with Crippen molar-refractivity contribution >= 4 is 58.6 Å². The van der Waals surface area contributed by atoms with Crippen molar-refractivity contribution in [2.24, 2.45) is 9.98 Å². The number of alkyl halides is 3. The van der Waals surface area contributed by atoms with E-state index in [1.807, 2.05) is 0 Å². The van der Waals surface area contributed by atoms with Gasteiger partial charge in [0.25, 0.3) is 11.8 Å². The number of aliphatic imine (C=N–C) groups is 2. The van der Waals surface area contributed by atoms with Gasteiger partial charge >= 0.3 is 6.18 Å². The zero-order valence-corrected chi connectivity index (χ0v) is 21.9. The minimum atomic E-state index is -4.60. The first-order chi connectivity index (χ1) is 19.5. The average molecular weight is 583 g/mol. The lowest BCUT2D eigenvalue weighted by Crippen LogP contribution is -2.40. The molecule has 3 amide bonds. The Bertz CT molecular complexity index is 1570. The van der Waals surface area contributed by atoms with Gasteiger partial charge in [-0.25, -0.2) is 9.98 Å². The van der Waals surface area contributed by atoms with E-state index in [0.717, 1.165) is 24.3 Å². The molecule has 1 atom stereocenters. The van der Waals surface area contributed by atoms with Gasteiger partial charge in [-0.2, -0.15) is 13.2 Å². The second-order valence-electron chi connectivity index (χ2n) is 8.65. The van der Waals surface area contributed by atoms with Gasteiger partial charge in [-0.05, 0) is 60.7 Å². The maximum Gasteiger partial charge on any atom is 0.416 e. The lowest BCUT2D eigenvalue weighted by atomic mass is 10.1. The highest BCUT2D eigenvalue weighted by molar-refractivity contribution is 6.34. The Morgan fingerprint density at radius 1 is 0.927 bits per heavy atom. The van der Waals surface area contributed by atoms with Gasteiger partial charge in [0.2, 0.25) is 11.9 Å². The van der Waals surface area contributed by atoms with E-state index in [4.69, 9.17) is 11.6 Å². The van der Waals surface area contributed by atoms with Crippen molar-refractivity contribution in [1.29, 1.82) is 0 Å². The number of benzene rings is 3. The Kier molecular flexibility index (Phi) is 8.83. The number of anilines is 3. The van der Waals surface area contributed by atoms with Crippen molar-refractivity contribution in [2.75, 3.05) is 22.5 Å². The lowest BCUT2D eigenvalue weighted by molar-refractivity contribution is -0.137. The first-order valence-electron chi connectivity index (χ1n) is 12.0. The summed E-state index contributed by atoms with van der Waals surface area (Å²) in [5, 5.41) is 11.0. The quantitative estimate of drug-likeness (QED) is 0.279. The van der Waals surface area contributed by atoms with Gasteiger partial charge < -0.3 is 21.3 Å². The van der Waals surface area contributed by atoms with E-state index in [1.165, 1.54) is 30.5 Å². The molecule has 4 N–H and O–H groups in total. The predicted molar refractivity (Wildman–Crippen MR) is 152 cm³/mol. The van der Waals surface area contributed by atoms with E-state index in [2.05, 4.69) is 37.8 Å². The van der Waals surface area contributed by atoms with Crippen LogP contribution in [0.15, 0.2) is 89.4 Å². The molecule has 1 heterocycles. The van der Waals surface area contributed by atoms with E-state index < -0.39 is 29.6 Å². The van der Waals surface area contributed by atoms with Crippen molar-refractivity contribution < 1.29 is 27.6 Å². The number of carbonyl (C=O) groups is 3. The lowest BCUT2D eigenvalue weighted by Gasteiger charge is -2.18. The van der Waals surface area contributed by atoms with Gasteiger partial charge in [0, 0.05) is 28.8 Å². The third kappa shape index (κ3) is 7.79. The van der Waals surface area contributed by atoms with Crippen LogP contribution in [0.2, 0.25) is 5.02 Å². The molecule has 41 heavy (non-hydrogen) atoms. The fourth-order valence-electron chi connectivity index (χ4n) is 3.65. The SMILES string of the molecule is C=CC(=O)Nc1cccc(NC2=NCC(NC(=O)c3cc(NC(=O)c4cccc(C(F)(F)F)c4)ccc3Cl)C=N2)c1. The number of nitrogens with zero attached hydrogens (tertiary/aromatic N) is 2. The van der Waals surface area contributed by atoms with Crippen LogP contribution < -0.4 is 21.3 Å². The molecule has 0 saturated heterocycles. The molecule has 0 aromatic heterocycles. The summed E-state index contributed by atoms with van der Waals surface area (Å²) in [7, 11) is 0. The maximum absolute atomic E-state index is 13.0. The predicted octanol–water partition coefficient (Wildman–Crippen LogP) is 5.39. The largest absolute Gasteiger partial charge is 0.416 e. The summed E-state index contributed by atoms with van der Waals surface area (Å²) >= 11 is 6.20. The molecule has 0 bridgehead atoms. The molecule has 0 aliphatic carbocycles. The first kappa shape index (κ1) is 29.0. The van der Waals surface area contributed by atoms with Crippen LogP contribution in [-0.4, -0.2) is 42.5 Å². The molecule has 3 aromatic rings. The molecule has 1 aliphatic heterocycles. The summed E-state index contributed by atoms with van der Waals surface area (Å²) in [6.45, 7) is 3.57. The second kappa shape index (κ2) is 12.5. The van der Waals surface area contributed by atoms with E-state index in [0.29, 0.717) is 17.3 Å². The Morgan fingerprint density at radius 2 is 1.66 bits per heavy atom. The van der Waals surface area contributed by atoms with Gasteiger partial charge in [-0.1, -0.05) is 30.3 Å². The molecule has 210 valence electrons. The van der Waals surface area contributed by atoms with Gasteiger partial charge in [-0.15, -0.1) is 0 Å². The second-order valence-corrected chi connectivity index (χ2v) is 9.06. The number of amides is 3. The Morgan fingerprint density at radius 3 is 2.37 bits per heavy atom. The maximum atomic E-state index is 13.0. The number of carbonyl (C=O) groups excluding carboxylic acids is 3. The molecule has 0 spiro atoms. The summed E-state index contributed by atoms with van der Waals surface area (Å²) < 4.78 is 39.0. The van der Waals surface area contributed by atoms with Crippen LogP contribution in [0.5, 0.6) is 0 Å². The van der Waals surface area contributed by atoms with Gasteiger partial charge in [0.05, 0.1) is 28.7 Å². The fraction of sp³-hybridized carbons (Fsp3) is 0.107. The van der Waals surface area contributed by atoms with Crippen molar-refractivity contribution in [3.8, 4) is 0 Å². The number of nitrogens with one attached hydrogen (secondary N) is 4. The summed E-state index contributed by atoms with van der Waals surface area (Å²) in [5.74, 6) is -1.41. The number of hydrogen-bond acceptors (Lipinski definition) is 6. The van der Waals surface area contributed by atoms with Gasteiger partial charge in [-0.3, -0.25) is 14.4 Å². The zero-order valence-electron chi connectivity index (χ0n) is 21.1. The van der Waals surface area contributed by atoms with Crippen LogP contribution in [0.3, 0.4) is 0 Å². The van der Waals surface area contributed by atoms with Crippen molar-refractivity contribution in [3.05, 3.63) is 101 Å². The monoisotopic (exact) mass is 582 g/mol. The molecule has 4 rings (SSSR count). The van der Waals surface area contributed by atoms with Crippen LogP contribution in [-0.2, 0) is 11.0 Å². The average Bonchev–Trinajstić information content (AvgIpc) is 2.94. The topological polar surface area (TPSA) is 124 Å². The summed E-state index contributed by atoms with van der Waals surface area (Å²) in [5.41, 5.74) is 0.219. The Balaban J connectivity index is 1.37. The Labute approximate surface area is 237 Å². The normalized spacial score (nSPS) is 14.4. The number of guanidine groups is 1. The van der Waals surface area contributed by atoms with Crippen LogP contribution in [0, 0.1) is 0 Å². The molecule has 1 aliphatic rings. The molecule has 9 nitrogen and oxygen atoms in total. The van der Waals surface area contributed by atoms with Gasteiger partial charge in [0.15, 0.2) is 0 Å². The van der Waals surface area contributed by atoms with Crippen LogP contribution >= 0.6 is 11.6 Å². The minimum Gasteiger partial charge on any atom is -0.342 e. The molecular weight excluding hydrogens is 561 g/mol. The van der Waals surface area contributed by atoms with E-state index in [1.54, 1.807) is 24.3 Å². The van der Waals surface area contributed by atoms with Crippen molar-refractivity contribution in [1.82, 2.24) is 5.32 Å². The number of rotatable bonds is 7. The molecule has 3 aromatic carbocycles. The molecule has 0 saturated carbocycles.